The predicted molar refractivity (Wildman–Crippen MR) is 73.4 cm³/mol. The number of hydrogen-bond acceptors (Lipinski definition) is 3. The summed E-state index contributed by atoms with van der Waals surface area (Å²) in [4.78, 5) is 17.7. The number of halogens is 1. The molecule has 19 heavy (non-hydrogen) atoms. The van der Waals surface area contributed by atoms with E-state index in [1.807, 2.05) is 32.0 Å². The van der Waals surface area contributed by atoms with E-state index in [2.05, 4.69) is 4.98 Å². The van der Waals surface area contributed by atoms with Crippen LogP contribution in [-0.2, 0) is 10.2 Å². The topological polar surface area (TPSA) is 46.3 Å². The van der Waals surface area contributed by atoms with Gasteiger partial charge in [0.1, 0.15) is 0 Å². The van der Waals surface area contributed by atoms with Crippen molar-refractivity contribution < 1.29 is 9.21 Å². The summed E-state index contributed by atoms with van der Waals surface area (Å²) in [6, 6.07) is 5.81. The van der Waals surface area contributed by atoms with Gasteiger partial charge in [-0.3, -0.25) is 4.79 Å². The summed E-state index contributed by atoms with van der Waals surface area (Å²) >= 11 is 5.68. The number of rotatable bonds is 1. The van der Waals surface area contributed by atoms with Gasteiger partial charge in [0.15, 0.2) is 5.76 Å². The molecule has 1 aliphatic heterocycles. The SMILES string of the molecule is CN1C(=O)C(C)(C)c2ccc(-c3cnc(Cl)o3)cc21. The molecule has 0 atom stereocenters. The summed E-state index contributed by atoms with van der Waals surface area (Å²) < 4.78 is 5.29. The van der Waals surface area contributed by atoms with Crippen LogP contribution in [0.1, 0.15) is 19.4 Å². The number of amides is 1. The van der Waals surface area contributed by atoms with Crippen LogP contribution in [0.3, 0.4) is 0 Å². The number of anilines is 1. The molecule has 0 bridgehead atoms. The van der Waals surface area contributed by atoms with Crippen molar-refractivity contribution in [3.8, 4) is 11.3 Å². The van der Waals surface area contributed by atoms with Crippen molar-refractivity contribution in [3.63, 3.8) is 0 Å². The van der Waals surface area contributed by atoms with Crippen molar-refractivity contribution >= 4 is 23.2 Å². The smallest absolute Gasteiger partial charge is 0.292 e. The van der Waals surface area contributed by atoms with E-state index in [-0.39, 0.29) is 11.3 Å². The summed E-state index contributed by atoms with van der Waals surface area (Å²) in [5.41, 5.74) is 2.30. The number of carbonyl (C=O) groups excluding carboxylic acids is 1. The minimum Gasteiger partial charge on any atom is -0.428 e. The average molecular weight is 277 g/mol. The van der Waals surface area contributed by atoms with Crippen LogP contribution >= 0.6 is 11.6 Å². The highest BCUT2D eigenvalue weighted by atomic mass is 35.5. The largest absolute Gasteiger partial charge is 0.428 e. The highest BCUT2D eigenvalue weighted by Gasteiger charge is 2.42. The molecule has 0 fully saturated rings. The fourth-order valence-corrected chi connectivity index (χ4v) is 2.65. The van der Waals surface area contributed by atoms with Crippen molar-refractivity contribution in [2.24, 2.45) is 0 Å². The van der Waals surface area contributed by atoms with Crippen LogP contribution < -0.4 is 4.90 Å². The summed E-state index contributed by atoms with van der Waals surface area (Å²) in [6.07, 6.45) is 1.58. The van der Waals surface area contributed by atoms with E-state index in [0.717, 1.165) is 16.8 Å². The molecule has 1 aromatic carbocycles. The number of benzene rings is 1. The summed E-state index contributed by atoms with van der Waals surface area (Å²) in [5, 5.41) is 0.111. The van der Waals surface area contributed by atoms with Gasteiger partial charge in [0.05, 0.1) is 11.6 Å². The lowest BCUT2D eigenvalue weighted by Crippen LogP contribution is -2.33. The first-order chi connectivity index (χ1) is 8.91. The van der Waals surface area contributed by atoms with E-state index >= 15 is 0 Å². The molecule has 0 saturated heterocycles. The van der Waals surface area contributed by atoms with Gasteiger partial charge in [-0.15, -0.1) is 0 Å². The van der Waals surface area contributed by atoms with Crippen LogP contribution in [0.15, 0.2) is 28.8 Å². The third kappa shape index (κ3) is 1.67. The Labute approximate surface area is 116 Å². The first-order valence-electron chi connectivity index (χ1n) is 5.95. The Balaban J connectivity index is 2.14. The van der Waals surface area contributed by atoms with Crippen molar-refractivity contribution in [2.45, 2.75) is 19.3 Å². The first-order valence-corrected chi connectivity index (χ1v) is 6.33. The Morgan fingerprint density at radius 1 is 1.37 bits per heavy atom. The van der Waals surface area contributed by atoms with Gasteiger partial charge in [-0.1, -0.05) is 12.1 Å². The summed E-state index contributed by atoms with van der Waals surface area (Å²) in [5.74, 6) is 0.689. The third-order valence-corrected chi connectivity index (χ3v) is 3.81. The number of fused-ring (bicyclic) bond motifs is 1. The molecule has 2 aromatic rings. The lowest BCUT2D eigenvalue weighted by molar-refractivity contribution is -0.121. The minimum atomic E-state index is -0.484. The molecule has 0 N–H and O–H groups in total. The molecule has 5 heteroatoms. The standard InChI is InChI=1S/C14H13ClN2O2/c1-14(2)9-5-4-8(11-7-16-13(15)19-11)6-10(9)17(3)12(14)18/h4-7H,1-3H3. The van der Waals surface area contributed by atoms with Crippen LogP contribution in [0.2, 0.25) is 5.35 Å². The van der Waals surface area contributed by atoms with E-state index in [1.165, 1.54) is 0 Å². The highest BCUT2D eigenvalue weighted by molar-refractivity contribution is 6.27. The lowest BCUT2D eigenvalue weighted by Gasteiger charge is -2.16. The Morgan fingerprint density at radius 2 is 2.11 bits per heavy atom. The first kappa shape index (κ1) is 12.2. The molecule has 0 aliphatic carbocycles. The van der Waals surface area contributed by atoms with Gasteiger partial charge in [-0.05, 0) is 37.1 Å². The van der Waals surface area contributed by atoms with Crippen LogP contribution in [0.25, 0.3) is 11.3 Å². The van der Waals surface area contributed by atoms with Crippen LogP contribution in [0, 0.1) is 0 Å². The molecule has 0 saturated carbocycles. The molecule has 1 aliphatic rings. The molecular weight excluding hydrogens is 264 g/mol. The average Bonchev–Trinajstić information content (AvgIpc) is 2.88. The fourth-order valence-electron chi connectivity index (χ4n) is 2.52. The Kier molecular flexibility index (Phi) is 2.47. The predicted octanol–water partition coefficient (Wildman–Crippen LogP) is 3.25. The number of nitrogens with zero attached hydrogens (tertiary/aromatic N) is 2. The van der Waals surface area contributed by atoms with Crippen molar-refractivity contribution in [1.82, 2.24) is 4.98 Å². The molecule has 0 unspecified atom stereocenters. The quantitative estimate of drug-likeness (QED) is 0.803. The zero-order valence-electron chi connectivity index (χ0n) is 10.9. The lowest BCUT2D eigenvalue weighted by atomic mass is 9.86. The molecular formula is C14H13ClN2O2. The van der Waals surface area contributed by atoms with E-state index in [0.29, 0.717) is 5.76 Å². The number of carbonyl (C=O) groups is 1. The van der Waals surface area contributed by atoms with Crippen molar-refractivity contribution in [1.29, 1.82) is 0 Å². The van der Waals surface area contributed by atoms with Crippen LogP contribution in [0.5, 0.6) is 0 Å². The summed E-state index contributed by atoms with van der Waals surface area (Å²) in [7, 11) is 1.78. The molecule has 2 heterocycles. The maximum atomic E-state index is 12.2. The number of hydrogen-bond donors (Lipinski definition) is 0. The zero-order chi connectivity index (χ0) is 13.8. The van der Waals surface area contributed by atoms with E-state index in [9.17, 15) is 4.79 Å². The normalized spacial score (nSPS) is 16.8. The number of likely N-dealkylation sites (N-methyl/N-ethyl adjacent to an activating group) is 1. The second-order valence-corrected chi connectivity index (χ2v) is 5.52. The minimum absolute atomic E-state index is 0.0928. The van der Waals surface area contributed by atoms with Gasteiger partial charge in [0.2, 0.25) is 5.91 Å². The Morgan fingerprint density at radius 3 is 2.74 bits per heavy atom. The van der Waals surface area contributed by atoms with Crippen LogP contribution in [-0.4, -0.2) is 17.9 Å². The Hall–Kier alpha value is -1.81. The monoisotopic (exact) mass is 276 g/mol. The van der Waals surface area contributed by atoms with E-state index in [4.69, 9.17) is 16.0 Å². The molecule has 1 amide bonds. The van der Waals surface area contributed by atoms with Gasteiger partial charge in [0.25, 0.3) is 5.35 Å². The zero-order valence-corrected chi connectivity index (χ0v) is 11.7. The van der Waals surface area contributed by atoms with Gasteiger partial charge >= 0.3 is 0 Å². The molecule has 0 radical (unpaired) electrons. The number of oxazole rings is 1. The summed E-state index contributed by atoms with van der Waals surface area (Å²) in [6.45, 7) is 3.87. The molecule has 98 valence electrons. The van der Waals surface area contributed by atoms with Gasteiger partial charge in [0, 0.05) is 18.3 Å². The van der Waals surface area contributed by atoms with Gasteiger partial charge < -0.3 is 9.32 Å². The molecule has 4 nitrogen and oxygen atoms in total. The van der Waals surface area contributed by atoms with Crippen molar-refractivity contribution in [3.05, 3.63) is 35.3 Å². The van der Waals surface area contributed by atoms with Gasteiger partial charge in [-0.25, -0.2) is 4.98 Å². The molecule has 1 aromatic heterocycles. The highest BCUT2D eigenvalue weighted by Crippen LogP contribution is 2.42. The van der Waals surface area contributed by atoms with Crippen LogP contribution in [0.4, 0.5) is 5.69 Å². The second kappa shape index (κ2) is 3.84. The third-order valence-electron chi connectivity index (χ3n) is 3.63. The van der Waals surface area contributed by atoms with E-state index in [1.54, 1.807) is 18.1 Å². The maximum absolute atomic E-state index is 12.2. The molecule has 3 rings (SSSR count). The van der Waals surface area contributed by atoms with Gasteiger partial charge in [-0.2, -0.15) is 0 Å². The molecule has 0 spiro atoms. The maximum Gasteiger partial charge on any atom is 0.292 e. The van der Waals surface area contributed by atoms with E-state index < -0.39 is 5.41 Å². The fraction of sp³-hybridized carbons (Fsp3) is 0.286. The Bertz CT molecular complexity index is 676. The second-order valence-electron chi connectivity index (χ2n) is 5.20. The number of aromatic nitrogens is 1. The van der Waals surface area contributed by atoms with Crippen molar-refractivity contribution in [2.75, 3.05) is 11.9 Å².